The van der Waals surface area contributed by atoms with Gasteiger partial charge in [-0.05, 0) is 19.3 Å². The Balaban J connectivity index is 3.74. The number of carbonyl (C=O) groups is 2. The van der Waals surface area contributed by atoms with Crippen molar-refractivity contribution in [1.29, 1.82) is 0 Å². The van der Waals surface area contributed by atoms with Crippen LogP contribution in [0.2, 0.25) is 0 Å². The van der Waals surface area contributed by atoms with Crippen molar-refractivity contribution >= 4 is 11.8 Å². The molecule has 0 aliphatic carbocycles. The smallest absolute Gasteiger partial charge is 0.239 e. The van der Waals surface area contributed by atoms with Crippen LogP contribution in [0.3, 0.4) is 0 Å². The fraction of sp³-hybridized carbons (Fsp3) is 0.833. The van der Waals surface area contributed by atoms with Gasteiger partial charge in [-0.3, -0.25) is 9.59 Å². The van der Waals surface area contributed by atoms with Gasteiger partial charge >= 0.3 is 0 Å². The summed E-state index contributed by atoms with van der Waals surface area (Å²) in [5.41, 5.74) is 5.10. The zero-order valence-corrected chi connectivity index (χ0v) is 11.5. The van der Waals surface area contributed by atoms with Crippen molar-refractivity contribution in [3.63, 3.8) is 0 Å². The van der Waals surface area contributed by atoms with Gasteiger partial charge in [0.2, 0.25) is 11.8 Å². The monoisotopic (exact) mass is 259 g/mol. The molecule has 0 aliphatic rings. The van der Waals surface area contributed by atoms with Crippen molar-refractivity contribution < 1.29 is 14.3 Å². The van der Waals surface area contributed by atoms with Crippen LogP contribution >= 0.6 is 0 Å². The first-order valence-corrected chi connectivity index (χ1v) is 6.36. The summed E-state index contributed by atoms with van der Waals surface area (Å²) >= 11 is 0. The molecule has 0 fully saturated rings. The van der Waals surface area contributed by atoms with Gasteiger partial charge in [0.1, 0.15) is 0 Å². The summed E-state index contributed by atoms with van der Waals surface area (Å²) in [5.74, 6) is -0.130. The van der Waals surface area contributed by atoms with Gasteiger partial charge in [0, 0.05) is 13.2 Å². The highest BCUT2D eigenvalue weighted by molar-refractivity contribution is 5.85. The van der Waals surface area contributed by atoms with Crippen LogP contribution in [0, 0.1) is 5.92 Å². The summed E-state index contributed by atoms with van der Waals surface area (Å²) in [5, 5.41) is 5.14. The van der Waals surface area contributed by atoms with Crippen molar-refractivity contribution in [1.82, 2.24) is 10.6 Å². The van der Waals surface area contributed by atoms with E-state index in [1.807, 2.05) is 6.92 Å². The maximum atomic E-state index is 11.4. The zero-order chi connectivity index (χ0) is 14.0. The zero-order valence-electron chi connectivity index (χ0n) is 11.5. The SMILES string of the molecule is CCOC(CCNC(=O)CNC(=O)CN)C(C)C. The molecule has 1 atom stereocenters. The Hall–Kier alpha value is -1.14. The summed E-state index contributed by atoms with van der Waals surface area (Å²) in [6.45, 7) is 7.21. The molecular formula is C12H25N3O3. The van der Waals surface area contributed by atoms with Crippen LogP contribution in [0.25, 0.3) is 0 Å². The molecule has 0 radical (unpaired) electrons. The van der Waals surface area contributed by atoms with Crippen molar-refractivity contribution in [2.24, 2.45) is 11.7 Å². The van der Waals surface area contributed by atoms with E-state index in [0.29, 0.717) is 19.1 Å². The third-order valence-electron chi connectivity index (χ3n) is 2.51. The Morgan fingerprint density at radius 2 is 1.89 bits per heavy atom. The van der Waals surface area contributed by atoms with E-state index in [2.05, 4.69) is 24.5 Å². The van der Waals surface area contributed by atoms with Crippen LogP contribution in [-0.2, 0) is 14.3 Å². The Bertz CT molecular complexity index is 257. The number of carbonyl (C=O) groups excluding carboxylic acids is 2. The molecular weight excluding hydrogens is 234 g/mol. The summed E-state index contributed by atoms with van der Waals surface area (Å²) in [4.78, 5) is 22.2. The molecule has 4 N–H and O–H groups in total. The van der Waals surface area contributed by atoms with Gasteiger partial charge in [0.15, 0.2) is 0 Å². The predicted octanol–water partition coefficient (Wildman–Crippen LogP) is -0.371. The van der Waals surface area contributed by atoms with E-state index in [4.69, 9.17) is 10.5 Å². The lowest BCUT2D eigenvalue weighted by atomic mass is 10.0. The number of ether oxygens (including phenoxy) is 1. The number of nitrogens with one attached hydrogen (secondary N) is 2. The highest BCUT2D eigenvalue weighted by Gasteiger charge is 2.13. The number of amides is 2. The van der Waals surface area contributed by atoms with Crippen LogP contribution in [0.15, 0.2) is 0 Å². The minimum atomic E-state index is -0.334. The largest absolute Gasteiger partial charge is 0.378 e. The van der Waals surface area contributed by atoms with Crippen LogP contribution in [-0.4, -0.2) is 44.2 Å². The van der Waals surface area contributed by atoms with E-state index in [1.165, 1.54) is 0 Å². The molecule has 6 nitrogen and oxygen atoms in total. The van der Waals surface area contributed by atoms with Crippen molar-refractivity contribution in [2.45, 2.75) is 33.3 Å². The lowest BCUT2D eigenvalue weighted by Crippen LogP contribution is -2.40. The first-order valence-electron chi connectivity index (χ1n) is 6.36. The lowest BCUT2D eigenvalue weighted by Gasteiger charge is -2.20. The molecule has 2 amide bonds. The van der Waals surface area contributed by atoms with Crippen LogP contribution in [0.1, 0.15) is 27.2 Å². The first kappa shape index (κ1) is 16.9. The van der Waals surface area contributed by atoms with Gasteiger partial charge in [-0.25, -0.2) is 0 Å². The van der Waals surface area contributed by atoms with E-state index < -0.39 is 0 Å². The predicted molar refractivity (Wildman–Crippen MR) is 69.9 cm³/mol. The van der Waals surface area contributed by atoms with Gasteiger partial charge in [0.05, 0.1) is 19.2 Å². The number of hydrogen-bond acceptors (Lipinski definition) is 4. The maximum Gasteiger partial charge on any atom is 0.239 e. The molecule has 0 saturated heterocycles. The fourth-order valence-corrected chi connectivity index (χ4v) is 1.49. The molecule has 0 aromatic carbocycles. The van der Waals surface area contributed by atoms with Gasteiger partial charge in [0.25, 0.3) is 0 Å². The quantitative estimate of drug-likeness (QED) is 0.526. The normalized spacial score (nSPS) is 12.3. The average Bonchev–Trinajstić information content (AvgIpc) is 2.34. The van der Waals surface area contributed by atoms with E-state index in [0.717, 1.165) is 6.42 Å². The van der Waals surface area contributed by atoms with E-state index >= 15 is 0 Å². The van der Waals surface area contributed by atoms with Crippen LogP contribution < -0.4 is 16.4 Å². The van der Waals surface area contributed by atoms with E-state index in [9.17, 15) is 9.59 Å². The summed E-state index contributed by atoms with van der Waals surface area (Å²) in [7, 11) is 0. The molecule has 0 aliphatic heterocycles. The molecule has 0 spiro atoms. The highest BCUT2D eigenvalue weighted by atomic mass is 16.5. The van der Waals surface area contributed by atoms with Crippen LogP contribution in [0.4, 0.5) is 0 Å². The Labute approximate surface area is 109 Å². The topological polar surface area (TPSA) is 93.5 Å². The van der Waals surface area contributed by atoms with Crippen LogP contribution in [0.5, 0.6) is 0 Å². The fourth-order valence-electron chi connectivity index (χ4n) is 1.49. The molecule has 0 aromatic heterocycles. The minimum Gasteiger partial charge on any atom is -0.378 e. The number of hydrogen-bond donors (Lipinski definition) is 3. The first-order chi connectivity index (χ1) is 8.51. The molecule has 0 rings (SSSR count). The molecule has 1 unspecified atom stereocenters. The second-order valence-electron chi connectivity index (χ2n) is 4.36. The molecule has 106 valence electrons. The summed E-state index contributed by atoms with van der Waals surface area (Å²) in [6, 6.07) is 0. The Kier molecular flexibility index (Phi) is 9.22. The van der Waals surface area contributed by atoms with Crippen molar-refractivity contribution in [2.75, 3.05) is 26.2 Å². The van der Waals surface area contributed by atoms with Crippen molar-refractivity contribution in [3.05, 3.63) is 0 Å². The molecule has 0 saturated carbocycles. The van der Waals surface area contributed by atoms with E-state index in [1.54, 1.807) is 0 Å². The molecule has 0 heterocycles. The standard InChI is InChI=1S/C12H25N3O3/c1-4-18-10(9(2)3)5-6-14-12(17)8-15-11(16)7-13/h9-10H,4-8,13H2,1-3H3,(H,14,17)(H,15,16). The Morgan fingerprint density at radius 3 is 2.39 bits per heavy atom. The summed E-state index contributed by atoms with van der Waals surface area (Å²) in [6.07, 6.45) is 0.913. The third kappa shape index (κ3) is 8.03. The Morgan fingerprint density at radius 1 is 1.22 bits per heavy atom. The van der Waals surface area contributed by atoms with Gasteiger partial charge in [-0.1, -0.05) is 13.8 Å². The molecule has 18 heavy (non-hydrogen) atoms. The second-order valence-corrected chi connectivity index (χ2v) is 4.36. The minimum absolute atomic E-state index is 0.0307. The number of rotatable bonds is 9. The second kappa shape index (κ2) is 9.85. The van der Waals surface area contributed by atoms with Gasteiger partial charge in [-0.15, -0.1) is 0 Å². The number of nitrogens with two attached hydrogens (primary N) is 1. The summed E-state index contributed by atoms with van der Waals surface area (Å²) < 4.78 is 5.56. The highest BCUT2D eigenvalue weighted by Crippen LogP contribution is 2.09. The molecule has 6 heteroatoms. The maximum absolute atomic E-state index is 11.4. The molecule has 0 bridgehead atoms. The van der Waals surface area contributed by atoms with Crippen molar-refractivity contribution in [3.8, 4) is 0 Å². The third-order valence-corrected chi connectivity index (χ3v) is 2.51. The lowest BCUT2D eigenvalue weighted by molar-refractivity contribution is -0.125. The average molecular weight is 259 g/mol. The van der Waals surface area contributed by atoms with Gasteiger partial charge < -0.3 is 21.1 Å². The van der Waals surface area contributed by atoms with Gasteiger partial charge in [-0.2, -0.15) is 0 Å². The molecule has 0 aromatic rings. The van der Waals surface area contributed by atoms with E-state index in [-0.39, 0.29) is 31.0 Å².